The summed E-state index contributed by atoms with van der Waals surface area (Å²) in [7, 11) is 0. The molecule has 2 N–H and O–H groups in total. The number of furan rings is 1. The second kappa shape index (κ2) is 9.59. The monoisotopic (exact) mass is 445 g/mol. The second-order valence-electron chi connectivity index (χ2n) is 7.38. The van der Waals surface area contributed by atoms with E-state index in [1.54, 1.807) is 23.0 Å². The van der Waals surface area contributed by atoms with Gasteiger partial charge >= 0.3 is 0 Å². The van der Waals surface area contributed by atoms with Gasteiger partial charge in [-0.25, -0.2) is 0 Å². The van der Waals surface area contributed by atoms with Crippen LogP contribution in [-0.2, 0) is 11.3 Å². The quantitative estimate of drug-likeness (QED) is 0.533. The minimum atomic E-state index is -0.128. The number of H-pyrrole nitrogens is 1. The lowest BCUT2D eigenvalue weighted by Crippen LogP contribution is -2.41. The van der Waals surface area contributed by atoms with E-state index < -0.39 is 0 Å². The van der Waals surface area contributed by atoms with Gasteiger partial charge in [-0.3, -0.25) is 19.4 Å². The lowest BCUT2D eigenvalue weighted by molar-refractivity contribution is -0.122. The number of nitrogens with one attached hydrogen (secondary N) is 2. The Morgan fingerprint density at radius 1 is 1.23 bits per heavy atom. The fourth-order valence-corrected chi connectivity index (χ4v) is 4.14. The summed E-state index contributed by atoms with van der Waals surface area (Å²) in [5.74, 6) is 1.35. The second-order valence-corrected chi connectivity index (χ2v) is 8.20. The van der Waals surface area contributed by atoms with E-state index >= 15 is 0 Å². The van der Waals surface area contributed by atoms with Crippen molar-refractivity contribution in [3.8, 4) is 11.4 Å². The number of hydrogen-bond donors (Lipinski definition) is 2. The van der Waals surface area contributed by atoms with E-state index in [-0.39, 0.29) is 18.5 Å². The summed E-state index contributed by atoms with van der Waals surface area (Å²) in [6.45, 7) is 2.58. The lowest BCUT2D eigenvalue weighted by Gasteiger charge is -2.33. The molecular weight excluding hydrogens is 422 g/mol. The molecule has 2 aromatic heterocycles. The number of rotatable bonds is 7. The number of hydrogen-bond acceptors (Lipinski definition) is 5. The zero-order valence-electron chi connectivity index (χ0n) is 16.5. The number of amides is 1. The van der Waals surface area contributed by atoms with E-state index in [0.29, 0.717) is 22.2 Å². The number of aromatic nitrogens is 3. The number of halogens is 1. The van der Waals surface area contributed by atoms with Gasteiger partial charge in [-0.2, -0.15) is 5.10 Å². The molecule has 0 spiro atoms. The first-order chi connectivity index (χ1) is 14.6. The van der Waals surface area contributed by atoms with Crippen LogP contribution in [0.5, 0.6) is 0 Å². The first kappa shape index (κ1) is 20.8. The van der Waals surface area contributed by atoms with Crippen molar-refractivity contribution < 1.29 is 9.21 Å². The maximum Gasteiger partial charge on any atom is 0.240 e. The SMILES string of the molecule is O=C(Cn1c(-c2ccc(Cl)cc2)n[nH]c1=S)NCC(c1ccco1)N1CCCCC1. The number of carbonyl (C=O) groups is 1. The Balaban J connectivity index is 1.45. The van der Waals surface area contributed by atoms with E-state index in [9.17, 15) is 4.79 Å². The summed E-state index contributed by atoms with van der Waals surface area (Å²) < 4.78 is 7.74. The van der Waals surface area contributed by atoms with Crippen molar-refractivity contribution in [1.29, 1.82) is 0 Å². The average Bonchev–Trinajstić information content (AvgIpc) is 3.41. The van der Waals surface area contributed by atoms with E-state index in [2.05, 4.69) is 20.4 Å². The van der Waals surface area contributed by atoms with E-state index in [1.165, 1.54) is 19.3 Å². The normalized spacial score (nSPS) is 15.8. The predicted molar refractivity (Wildman–Crippen MR) is 118 cm³/mol. The Bertz CT molecular complexity index is 1020. The third-order valence-corrected chi connectivity index (χ3v) is 5.92. The Morgan fingerprint density at radius 3 is 2.70 bits per heavy atom. The molecule has 1 aliphatic rings. The first-order valence-electron chi connectivity index (χ1n) is 10.1. The molecule has 4 rings (SSSR count). The molecule has 0 radical (unpaired) electrons. The zero-order chi connectivity index (χ0) is 20.9. The maximum absolute atomic E-state index is 12.8. The molecule has 0 aliphatic carbocycles. The highest BCUT2D eigenvalue weighted by atomic mass is 35.5. The lowest BCUT2D eigenvalue weighted by atomic mass is 10.1. The highest BCUT2D eigenvalue weighted by Crippen LogP contribution is 2.25. The summed E-state index contributed by atoms with van der Waals surface area (Å²) in [5, 5.41) is 10.7. The summed E-state index contributed by atoms with van der Waals surface area (Å²) in [4.78, 5) is 15.1. The van der Waals surface area contributed by atoms with E-state index in [4.69, 9.17) is 28.2 Å². The van der Waals surface area contributed by atoms with Gasteiger partial charge in [-0.05, 0) is 74.5 Å². The number of aromatic amines is 1. The molecule has 0 saturated carbocycles. The average molecular weight is 446 g/mol. The Labute approximate surface area is 185 Å². The highest BCUT2D eigenvalue weighted by molar-refractivity contribution is 7.71. The molecule has 3 heterocycles. The van der Waals surface area contributed by atoms with Crippen molar-refractivity contribution in [2.45, 2.75) is 31.8 Å². The topological polar surface area (TPSA) is 79.1 Å². The van der Waals surface area contributed by atoms with Crippen molar-refractivity contribution in [1.82, 2.24) is 25.0 Å². The van der Waals surface area contributed by atoms with Crippen LogP contribution in [0.4, 0.5) is 0 Å². The molecule has 158 valence electrons. The molecule has 7 nitrogen and oxygen atoms in total. The van der Waals surface area contributed by atoms with Gasteiger partial charge in [0, 0.05) is 17.1 Å². The number of piperidine rings is 1. The number of nitrogens with zero attached hydrogens (tertiary/aromatic N) is 3. The third-order valence-electron chi connectivity index (χ3n) is 5.36. The van der Waals surface area contributed by atoms with Crippen molar-refractivity contribution in [3.63, 3.8) is 0 Å². The van der Waals surface area contributed by atoms with Gasteiger partial charge in [-0.1, -0.05) is 18.0 Å². The van der Waals surface area contributed by atoms with Crippen LogP contribution in [0, 0.1) is 4.77 Å². The molecular formula is C21H24ClN5O2S. The molecule has 1 fully saturated rings. The molecule has 9 heteroatoms. The molecule has 1 aromatic carbocycles. The summed E-state index contributed by atoms with van der Waals surface area (Å²) in [6.07, 6.45) is 5.26. The largest absolute Gasteiger partial charge is 0.468 e. The molecule has 1 amide bonds. The van der Waals surface area contributed by atoms with Crippen molar-refractivity contribution >= 4 is 29.7 Å². The van der Waals surface area contributed by atoms with Gasteiger partial charge in [-0.15, -0.1) is 0 Å². The van der Waals surface area contributed by atoms with Gasteiger partial charge in [0.05, 0.1) is 12.3 Å². The molecule has 1 saturated heterocycles. The van der Waals surface area contributed by atoms with E-state index in [1.807, 2.05) is 24.3 Å². The van der Waals surface area contributed by atoms with Crippen LogP contribution in [0.15, 0.2) is 47.1 Å². The third kappa shape index (κ3) is 4.83. The van der Waals surface area contributed by atoms with Gasteiger partial charge in [0.2, 0.25) is 5.91 Å². The van der Waals surface area contributed by atoms with Crippen molar-refractivity contribution in [3.05, 3.63) is 58.2 Å². The maximum atomic E-state index is 12.8. The van der Waals surface area contributed by atoms with E-state index in [0.717, 1.165) is 24.4 Å². The van der Waals surface area contributed by atoms with Gasteiger partial charge in [0.1, 0.15) is 12.3 Å². The van der Waals surface area contributed by atoms with Crippen LogP contribution in [0.2, 0.25) is 5.02 Å². The molecule has 30 heavy (non-hydrogen) atoms. The minimum Gasteiger partial charge on any atom is -0.468 e. The van der Waals surface area contributed by atoms with Gasteiger partial charge < -0.3 is 9.73 Å². The molecule has 1 atom stereocenters. The number of benzene rings is 1. The smallest absolute Gasteiger partial charge is 0.240 e. The van der Waals surface area contributed by atoms with Crippen molar-refractivity contribution in [2.75, 3.05) is 19.6 Å². The summed E-state index contributed by atoms with van der Waals surface area (Å²) >= 11 is 11.3. The predicted octanol–water partition coefficient (Wildman–Crippen LogP) is 4.20. The summed E-state index contributed by atoms with van der Waals surface area (Å²) in [5.41, 5.74) is 0.835. The highest BCUT2D eigenvalue weighted by Gasteiger charge is 2.25. The fourth-order valence-electron chi connectivity index (χ4n) is 3.81. The van der Waals surface area contributed by atoms with Crippen molar-refractivity contribution in [2.24, 2.45) is 0 Å². The van der Waals surface area contributed by atoms with Gasteiger partial charge in [0.25, 0.3) is 0 Å². The standard InChI is InChI=1S/C21H24ClN5O2S/c22-16-8-6-15(7-9-16)20-24-25-21(30)27(20)14-19(28)23-13-17(18-5-4-12-29-18)26-10-2-1-3-11-26/h4-9,12,17H,1-3,10-11,13-14H2,(H,23,28)(H,25,30). The Kier molecular flexibility index (Phi) is 6.66. The Morgan fingerprint density at radius 2 is 2.00 bits per heavy atom. The molecule has 0 bridgehead atoms. The van der Waals surface area contributed by atoms with Crippen LogP contribution >= 0.6 is 23.8 Å². The van der Waals surface area contributed by atoms with Crippen LogP contribution < -0.4 is 5.32 Å². The molecule has 1 aliphatic heterocycles. The first-order valence-corrected chi connectivity index (χ1v) is 10.9. The molecule has 1 unspecified atom stereocenters. The van der Waals surface area contributed by atoms with Crippen LogP contribution in [0.25, 0.3) is 11.4 Å². The molecule has 3 aromatic rings. The van der Waals surface area contributed by atoms with Crippen LogP contribution in [0.3, 0.4) is 0 Å². The Hall–Kier alpha value is -2.42. The van der Waals surface area contributed by atoms with Crippen LogP contribution in [0.1, 0.15) is 31.1 Å². The van der Waals surface area contributed by atoms with Gasteiger partial charge in [0.15, 0.2) is 10.6 Å². The van der Waals surface area contributed by atoms with Crippen LogP contribution in [-0.4, -0.2) is 45.2 Å². The number of carbonyl (C=O) groups excluding carboxylic acids is 1. The zero-order valence-corrected chi connectivity index (χ0v) is 18.1. The fraction of sp³-hybridized carbons (Fsp3) is 0.381. The minimum absolute atomic E-state index is 0.0253. The summed E-state index contributed by atoms with van der Waals surface area (Å²) in [6, 6.07) is 11.2. The number of likely N-dealkylation sites (tertiary alicyclic amines) is 1.